The zero-order chi connectivity index (χ0) is 18.7. The molecule has 0 aliphatic rings. The molecule has 1 amide bonds. The predicted octanol–water partition coefficient (Wildman–Crippen LogP) is 3.75. The Bertz CT molecular complexity index is 905. The molecule has 1 aromatic carbocycles. The summed E-state index contributed by atoms with van der Waals surface area (Å²) in [6.07, 6.45) is 0. The Hall–Kier alpha value is -2.39. The van der Waals surface area contributed by atoms with Crippen molar-refractivity contribution in [3.8, 4) is 0 Å². The van der Waals surface area contributed by atoms with E-state index < -0.39 is 0 Å². The number of aryl methyl sites for hydroxylation is 2. The van der Waals surface area contributed by atoms with E-state index in [4.69, 9.17) is 0 Å². The molecule has 0 spiro atoms. The van der Waals surface area contributed by atoms with Crippen LogP contribution in [0.3, 0.4) is 0 Å². The van der Waals surface area contributed by atoms with Crippen LogP contribution >= 0.6 is 23.1 Å². The third-order valence-electron chi connectivity index (χ3n) is 3.84. The van der Waals surface area contributed by atoms with E-state index in [9.17, 15) is 4.79 Å². The molecule has 2 aromatic heterocycles. The zero-order valence-electron chi connectivity index (χ0n) is 15.0. The summed E-state index contributed by atoms with van der Waals surface area (Å²) in [5.41, 5.74) is 3.46. The van der Waals surface area contributed by atoms with Crippen LogP contribution in [0.2, 0.25) is 0 Å². The lowest BCUT2D eigenvalue weighted by Gasteiger charge is -2.10. The van der Waals surface area contributed by atoms with Gasteiger partial charge in [-0.1, -0.05) is 41.3 Å². The Kier molecular flexibility index (Phi) is 5.58. The van der Waals surface area contributed by atoms with Gasteiger partial charge in [-0.05, 0) is 32.9 Å². The number of amides is 1. The molecule has 0 saturated heterocycles. The minimum absolute atomic E-state index is 0.0815. The molecule has 0 radical (unpaired) electrons. The molecule has 26 heavy (non-hydrogen) atoms. The van der Waals surface area contributed by atoms with E-state index in [2.05, 4.69) is 25.9 Å². The fraction of sp³-hybridized carbons (Fsp3) is 0.294. The molecule has 2 heterocycles. The van der Waals surface area contributed by atoms with Crippen LogP contribution in [0.4, 0.5) is 16.5 Å². The van der Waals surface area contributed by atoms with Crippen molar-refractivity contribution < 1.29 is 4.79 Å². The lowest BCUT2D eigenvalue weighted by molar-refractivity contribution is -0.115. The Morgan fingerprint density at radius 1 is 1.23 bits per heavy atom. The van der Waals surface area contributed by atoms with E-state index in [0.717, 1.165) is 27.1 Å². The maximum Gasteiger partial charge on any atom is 0.237 e. The quantitative estimate of drug-likeness (QED) is 0.626. The number of nitrogens with zero attached hydrogens (tertiary/aromatic N) is 4. The predicted molar refractivity (Wildman–Crippen MR) is 106 cm³/mol. The number of nitrogens with one attached hydrogen (secondary N) is 2. The summed E-state index contributed by atoms with van der Waals surface area (Å²) in [5.74, 6) is -0.0815. The highest BCUT2D eigenvalue weighted by molar-refractivity contribution is 8.02. The average molecular weight is 389 g/mol. The van der Waals surface area contributed by atoms with Crippen molar-refractivity contribution in [3.05, 3.63) is 41.7 Å². The van der Waals surface area contributed by atoms with E-state index in [1.54, 1.807) is 4.68 Å². The van der Waals surface area contributed by atoms with Crippen LogP contribution in [-0.4, -0.2) is 31.1 Å². The zero-order valence-corrected chi connectivity index (χ0v) is 16.6. The van der Waals surface area contributed by atoms with Crippen LogP contribution in [0.5, 0.6) is 0 Å². The van der Waals surface area contributed by atoms with Gasteiger partial charge in [0, 0.05) is 12.7 Å². The fourth-order valence-electron chi connectivity index (χ4n) is 2.34. The van der Waals surface area contributed by atoms with Crippen molar-refractivity contribution >= 4 is 45.5 Å². The highest BCUT2D eigenvalue weighted by atomic mass is 32.2. The number of aromatic nitrogens is 4. The highest BCUT2D eigenvalue weighted by Gasteiger charge is 2.20. The Labute approximate surface area is 160 Å². The van der Waals surface area contributed by atoms with Gasteiger partial charge in [0.1, 0.15) is 0 Å². The normalized spacial score (nSPS) is 12.0. The highest BCUT2D eigenvalue weighted by Crippen LogP contribution is 2.31. The first-order chi connectivity index (χ1) is 12.4. The number of hydrogen-bond acceptors (Lipinski definition) is 7. The van der Waals surface area contributed by atoms with Gasteiger partial charge in [-0.2, -0.15) is 5.10 Å². The SMILES string of the molecule is Cc1nn(C)c(C)c1NC(=O)C(C)Sc1nnc(Nc2ccccc2)s1. The second-order valence-corrected chi connectivity index (χ2v) is 8.35. The van der Waals surface area contributed by atoms with Crippen molar-refractivity contribution in [2.45, 2.75) is 30.4 Å². The standard InChI is InChI=1S/C17H20N6OS2/c1-10-14(11(2)23(4)22-10)19-15(24)12(3)25-17-21-20-16(26-17)18-13-8-6-5-7-9-13/h5-9,12H,1-4H3,(H,18,20)(H,19,24). The van der Waals surface area contributed by atoms with Crippen molar-refractivity contribution in [1.82, 2.24) is 20.0 Å². The van der Waals surface area contributed by atoms with Gasteiger partial charge in [-0.25, -0.2) is 0 Å². The van der Waals surface area contributed by atoms with Crippen LogP contribution in [0.15, 0.2) is 34.7 Å². The Morgan fingerprint density at radius 2 is 1.96 bits per heavy atom. The number of anilines is 3. The van der Waals surface area contributed by atoms with Crippen LogP contribution < -0.4 is 10.6 Å². The average Bonchev–Trinajstić information content (AvgIpc) is 3.15. The van der Waals surface area contributed by atoms with Gasteiger partial charge in [0.25, 0.3) is 0 Å². The fourth-order valence-corrected chi connectivity index (χ4v) is 4.25. The van der Waals surface area contributed by atoms with Gasteiger partial charge >= 0.3 is 0 Å². The monoisotopic (exact) mass is 388 g/mol. The summed E-state index contributed by atoms with van der Waals surface area (Å²) in [7, 11) is 1.86. The van der Waals surface area contributed by atoms with Gasteiger partial charge < -0.3 is 10.6 Å². The Balaban J connectivity index is 1.61. The first-order valence-electron chi connectivity index (χ1n) is 8.07. The molecular formula is C17H20N6OS2. The Morgan fingerprint density at radius 3 is 2.62 bits per heavy atom. The van der Waals surface area contributed by atoms with Gasteiger partial charge in [-0.15, -0.1) is 10.2 Å². The van der Waals surface area contributed by atoms with E-state index in [-0.39, 0.29) is 11.2 Å². The number of rotatable bonds is 6. The maximum atomic E-state index is 12.5. The molecule has 7 nitrogen and oxygen atoms in total. The first-order valence-corrected chi connectivity index (χ1v) is 9.77. The van der Waals surface area contributed by atoms with Gasteiger partial charge in [0.15, 0.2) is 4.34 Å². The summed E-state index contributed by atoms with van der Waals surface area (Å²) in [5, 5.41) is 19.2. The van der Waals surface area contributed by atoms with Gasteiger partial charge in [0.05, 0.1) is 22.3 Å². The lowest BCUT2D eigenvalue weighted by Crippen LogP contribution is -2.23. The molecule has 1 unspecified atom stereocenters. The number of carbonyl (C=O) groups is 1. The second kappa shape index (κ2) is 7.88. The largest absolute Gasteiger partial charge is 0.330 e. The van der Waals surface area contributed by atoms with E-state index in [1.165, 1.54) is 23.1 Å². The summed E-state index contributed by atoms with van der Waals surface area (Å²) >= 11 is 2.81. The van der Waals surface area contributed by atoms with E-state index in [1.807, 2.05) is 58.2 Å². The number of para-hydroxylation sites is 1. The van der Waals surface area contributed by atoms with Crippen molar-refractivity contribution in [1.29, 1.82) is 0 Å². The molecule has 0 aliphatic heterocycles. The van der Waals surface area contributed by atoms with Gasteiger partial charge in [0.2, 0.25) is 11.0 Å². The third-order valence-corrected chi connectivity index (χ3v) is 5.86. The number of carbonyl (C=O) groups excluding carboxylic acids is 1. The van der Waals surface area contributed by atoms with Crippen LogP contribution in [-0.2, 0) is 11.8 Å². The molecule has 0 aliphatic carbocycles. The van der Waals surface area contributed by atoms with Crippen LogP contribution in [0.25, 0.3) is 0 Å². The first kappa shape index (κ1) is 18.4. The van der Waals surface area contributed by atoms with Crippen molar-refractivity contribution in [2.24, 2.45) is 7.05 Å². The molecule has 1 atom stereocenters. The number of hydrogen-bond donors (Lipinski definition) is 2. The minimum atomic E-state index is -0.300. The van der Waals surface area contributed by atoms with Crippen molar-refractivity contribution in [2.75, 3.05) is 10.6 Å². The number of benzene rings is 1. The molecule has 3 rings (SSSR count). The number of thioether (sulfide) groups is 1. The summed E-state index contributed by atoms with van der Waals surface area (Å²) in [6, 6.07) is 9.78. The van der Waals surface area contributed by atoms with Crippen LogP contribution in [0, 0.1) is 13.8 Å². The van der Waals surface area contributed by atoms with Gasteiger partial charge in [-0.3, -0.25) is 9.48 Å². The molecule has 0 bridgehead atoms. The molecule has 0 saturated carbocycles. The maximum absolute atomic E-state index is 12.5. The second-order valence-electron chi connectivity index (χ2n) is 5.78. The lowest BCUT2D eigenvalue weighted by atomic mass is 10.3. The summed E-state index contributed by atoms with van der Waals surface area (Å²) < 4.78 is 2.50. The molecule has 2 N–H and O–H groups in total. The topological polar surface area (TPSA) is 84.7 Å². The molecule has 9 heteroatoms. The summed E-state index contributed by atoms with van der Waals surface area (Å²) in [6.45, 7) is 5.67. The smallest absolute Gasteiger partial charge is 0.237 e. The van der Waals surface area contributed by atoms with Crippen LogP contribution in [0.1, 0.15) is 18.3 Å². The summed E-state index contributed by atoms with van der Waals surface area (Å²) in [4.78, 5) is 12.5. The third kappa shape index (κ3) is 4.23. The molecule has 0 fully saturated rings. The molecule has 136 valence electrons. The van der Waals surface area contributed by atoms with E-state index in [0.29, 0.717) is 5.13 Å². The van der Waals surface area contributed by atoms with E-state index >= 15 is 0 Å². The molecule has 3 aromatic rings. The minimum Gasteiger partial charge on any atom is -0.330 e. The molecular weight excluding hydrogens is 368 g/mol. The van der Waals surface area contributed by atoms with Crippen molar-refractivity contribution in [3.63, 3.8) is 0 Å².